The quantitative estimate of drug-likeness (QED) is 0.545. The van der Waals surface area contributed by atoms with E-state index in [0.717, 1.165) is 35.5 Å². The summed E-state index contributed by atoms with van der Waals surface area (Å²) in [5, 5.41) is 7.01. The Morgan fingerprint density at radius 1 is 1.11 bits per heavy atom. The van der Waals surface area contributed by atoms with Crippen LogP contribution >= 0.6 is 11.3 Å². The molecule has 1 aromatic carbocycles. The molecule has 0 radical (unpaired) electrons. The molecule has 2 unspecified atom stereocenters. The summed E-state index contributed by atoms with van der Waals surface area (Å²) in [6.45, 7) is 1.15. The van der Waals surface area contributed by atoms with Gasteiger partial charge in [-0.25, -0.2) is 18.0 Å². The van der Waals surface area contributed by atoms with Gasteiger partial charge >= 0.3 is 6.03 Å². The standard InChI is InChI=1S/C23H21F3N6O2S/c24-15-4-14(5-16(25)22(15)26)29-23(34)31-9-19-17(6-28-32(19)10-18(31)12-1-2-12)30-8-13(3-21(30)33)20-7-27-11-35-20/h4-7,11-13,18H,1-3,8-10H2,(H,29,34). The van der Waals surface area contributed by atoms with Crippen LogP contribution in [0.25, 0.3) is 0 Å². The molecule has 182 valence electrons. The summed E-state index contributed by atoms with van der Waals surface area (Å²) in [6.07, 6.45) is 5.77. The smallest absolute Gasteiger partial charge is 0.313 e. The molecule has 1 saturated carbocycles. The summed E-state index contributed by atoms with van der Waals surface area (Å²) in [7, 11) is 0. The molecule has 3 amide bonds. The number of fused-ring (bicyclic) bond motifs is 1. The van der Waals surface area contributed by atoms with E-state index in [0.29, 0.717) is 31.1 Å². The second kappa shape index (κ2) is 8.36. The summed E-state index contributed by atoms with van der Waals surface area (Å²) >= 11 is 1.52. The van der Waals surface area contributed by atoms with Gasteiger partial charge in [0.2, 0.25) is 5.91 Å². The Morgan fingerprint density at radius 3 is 2.57 bits per heavy atom. The van der Waals surface area contributed by atoms with Crippen LogP contribution in [0.15, 0.2) is 30.0 Å². The zero-order valence-electron chi connectivity index (χ0n) is 18.5. The average molecular weight is 503 g/mol. The third-order valence-electron chi connectivity index (χ3n) is 6.94. The lowest BCUT2D eigenvalue weighted by Crippen LogP contribution is -2.49. The van der Waals surface area contributed by atoms with Gasteiger partial charge in [0.05, 0.1) is 42.2 Å². The summed E-state index contributed by atoms with van der Waals surface area (Å²) in [5.74, 6) is -4.00. The lowest BCUT2D eigenvalue weighted by Gasteiger charge is -2.37. The third-order valence-corrected chi connectivity index (χ3v) is 7.88. The maximum atomic E-state index is 13.7. The van der Waals surface area contributed by atoms with Crippen LogP contribution in [0.3, 0.4) is 0 Å². The van der Waals surface area contributed by atoms with Crippen molar-refractivity contribution in [3.63, 3.8) is 0 Å². The molecule has 8 nitrogen and oxygen atoms in total. The van der Waals surface area contributed by atoms with Crippen LogP contribution in [0.1, 0.15) is 35.8 Å². The molecule has 3 aromatic rings. The van der Waals surface area contributed by atoms with Crippen LogP contribution in [-0.2, 0) is 17.9 Å². The number of hydrogen-bond acceptors (Lipinski definition) is 5. The molecule has 2 aliphatic heterocycles. The fraction of sp³-hybridized carbons (Fsp3) is 0.391. The largest absolute Gasteiger partial charge is 0.322 e. The molecule has 1 saturated heterocycles. The van der Waals surface area contributed by atoms with Crippen molar-refractivity contribution in [2.75, 3.05) is 16.8 Å². The number of urea groups is 1. The van der Waals surface area contributed by atoms with Crippen LogP contribution < -0.4 is 10.2 Å². The van der Waals surface area contributed by atoms with Gasteiger partial charge in [0.1, 0.15) is 0 Å². The lowest BCUT2D eigenvalue weighted by molar-refractivity contribution is -0.117. The number of hydrogen-bond donors (Lipinski definition) is 1. The number of rotatable bonds is 4. The molecule has 2 atom stereocenters. The van der Waals surface area contributed by atoms with E-state index in [2.05, 4.69) is 15.4 Å². The van der Waals surface area contributed by atoms with Crippen LogP contribution in [-0.4, -0.2) is 44.2 Å². The van der Waals surface area contributed by atoms with Crippen molar-refractivity contribution in [1.82, 2.24) is 19.7 Å². The Hall–Kier alpha value is -3.41. The molecular weight excluding hydrogens is 481 g/mol. The molecule has 4 heterocycles. The number of anilines is 2. The van der Waals surface area contributed by atoms with Crippen molar-refractivity contribution < 1.29 is 22.8 Å². The fourth-order valence-corrected chi connectivity index (χ4v) is 5.70. The van der Waals surface area contributed by atoms with Gasteiger partial charge in [-0.1, -0.05) is 0 Å². The zero-order valence-corrected chi connectivity index (χ0v) is 19.3. The fourth-order valence-electron chi connectivity index (χ4n) is 4.99. The van der Waals surface area contributed by atoms with Gasteiger partial charge in [-0.3, -0.25) is 14.5 Å². The first-order chi connectivity index (χ1) is 16.9. The molecule has 0 bridgehead atoms. The van der Waals surface area contributed by atoms with Crippen LogP contribution in [0.2, 0.25) is 0 Å². The highest BCUT2D eigenvalue weighted by Crippen LogP contribution is 2.41. The second-order valence-corrected chi connectivity index (χ2v) is 10.1. The van der Waals surface area contributed by atoms with Crippen LogP contribution in [0, 0.1) is 23.4 Å². The summed E-state index contributed by atoms with van der Waals surface area (Å²) < 4.78 is 42.5. The number of amides is 3. The normalized spacial score (nSPS) is 22.0. The Bertz CT molecular complexity index is 1290. The number of carbonyl (C=O) groups is 2. The first-order valence-corrected chi connectivity index (χ1v) is 12.2. The van der Waals surface area contributed by atoms with Crippen LogP contribution in [0.5, 0.6) is 0 Å². The molecule has 12 heteroatoms. The predicted octanol–water partition coefficient (Wildman–Crippen LogP) is 4.10. The minimum Gasteiger partial charge on any atom is -0.313 e. The molecule has 35 heavy (non-hydrogen) atoms. The van der Waals surface area contributed by atoms with E-state index in [4.69, 9.17) is 0 Å². The molecule has 3 aliphatic rings. The van der Waals surface area contributed by atoms with Crippen molar-refractivity contribution in [3.8, 4) is 0 Å². The van der Waals surface area contributed by atoms with Gasteiger partial charge in [-0.05, 0) is 18.8 Å². The zero-order chi connectivity index (χ0) is 24.3. The minimum atomic E-state index is -1.59. The summed E-state index contributed by atoms with van der Waals surface area (Å²) in [4.78, 5) is 34.6. The van der Waals surface area contributed by atoms with Gasteiger partial charge < -0.3 is 15.1 Å². The predicted molar refractivity (Wildman–Crippen MR) is 121 cm³/mol. The van der Waals surface area contributed by atoms with Crippen LogP contribution in [0.4, 0.5) is 29.3 Å². The Balaban J connectivity index is 1.26. The molecule has 6 rings (SSSR count). The van der Waals surface area contributed by atoms with Crippen molar-refractivity contribution >= 4 is 34.6 Å². The first kappa shape index (κ1) is 22.1. The second-order valence-electron chi connectivity index (χ2n) is 9.18. The van der Waals surface area contributed by atoms with E-state index in [1.54, 1.807) is 27.7 Å². The molecule has 1 aliphatic carbocycles. The topological polar surface area (TPSA) is 83.4 Å². The van der Waals surface area contributed by atoms with Gasteiger partial charge in [-0.2, -0.15) is 5.10 Å². The summed E-state index contributed by atoms with van der Waals surface area (Å²) in [6, 6.07) is 0.820. The monoisotopic (exact) mass is 502 g/mol. The maximum Gasteiger partial charge on any atom is 0.322 e. The lowest BCUT2D eigenvalue weighted by atomic mass is 10.1. The molecule has 1 N–H and O–H groups in total. The molecule has 2 fully saturated rings. The Labute approximate surface area is 202 Å². The molecule has 2 aromatic heterocycles. The van der Waals surface area contributed by atoms with Crippen molar-refractivity contribution in [3.05, 3.63) is 58.1 Å². The maximum absolute atomic E-state index is 13.7. The van der Waals surface area contributed by atoms with E-state index in [9.17, 15) is 22.8 Å². The Kier molecular flexibility index (Phi) is 5.28. The SMILES string of the molecule is O=C1CC(c2cncs2)CN1c1cnn2c1CN(C(=O)Nc1cc(F)c(F)c(F)c1)C(C1CC1)C2. The number of aromatic nitrogens is 3. The minimum absolute atomic E-state index is 0.0169. The van der Waals surface area contributed by atoms with E-state index >= 15 is 0 Å². The summed E-state index contributed by atoms with van der Waals surface area (Å²) in [5.41, 5.74) is 2.97. The molecular formula is C23H21F3N6O2S. The van der Waals surface area contributed by atoms with Gasteiger partial charge in [-0.15, -0.1) is 11.3 Å². The number of carbonyl (C=O) groups excluding carboxylic acids is 2. The van der Waals surface area contributed by atoms with Crippen molar-refractivity contribution in [2.45, 2.75) is 44.3 Å². The highest BCUT2D eigenvalue weighted by Gasteiger charge is 2.43. The van der Waals surface area contributed by atoms with E-state index in [1.807, 2.05) is 4.68 Å². The number of halogens is 3. The number of benzene rings is 1. The van der Waals surface area contributed by atoms with E-state index < -0.39 is 23.5 Å². The van der Waals surface area contributed by atoms with Gasteiger partial charge in [0.25, 0.3) is 0 Å². The number of nitrogens with zero attached hydrogens (tertiary/aromatic N) is 5. The van der Waals surface area contributed by atoms with Gasteiger partial charge in [0.15, 0.2) is 17.5 Å². The third kappa shape index (κ3) is 3.95. The first-order valence-electron chi connectivity index (χ1n) is 11.3. The molecule has 0 spiro atoms. The van der Waals surface area contributed by atoms with Crippen molar-refractivity contribution in [2.24, 2.45) is 5.92 Å². The highest BCUT2D eigenvalue weighted by molar-refractivity contribution is 7.09. The van der Waals surface area contributed by atoms with Gasteiger partial charge in [0, 0.05) is 47.8 Å². The number of nitrogens with one attached hydrogen (secondary N) is 1. The van der Waals surface area contributed by atoms with E-state index in [-0.39, 0.29) is 30.1 Å². The van der Waals surface area contributed by atoms with E-state index in [1.165, 1.54) is 11.3 Å². The highest BCUT2D eigenvalue weighted by atomic mass is 32.1. The number of thiazole rings is 1. The average Bonchev–Trinajstić information content (AvgIpc) is 3.20. The Morgan fingerprint density at radius 2 is 1.89 bits per heavy atom. The van der Waals surface area contributed by atoms with Crippen molar-refractivity contribution in [1.29, 1.82) is 0 Å².